The fourth-order valence-corrected chi connectivity index (χ4v) is 1.91. The number of benzene rings is 1. The van der Waals surface area contributed by atoms with Crippen molar-refractivity contribution in [3.05, 3.63) is 23.3 Å². The van der Waals surface area contributed by atoms with E-state index in [0.717, 1.165) is 29.8 Å². The fourth-order valence-electron chi connectivity index (χ4n) is 1.48. The lowest BCUT2D eigenvalue weighted by molar-refractivity contribution is 0.112. The third-order valence-electron chi connectivity index (χ3n) is 2.34. The maximum atomic E-state index is 10.8. The highest BCUT2D eigenvalue weighted by atomic mass is 32.2. The summed E-state index contributed by atoms with van der Waals surface area (Å²) in [4.78, 5) is 10.8. The SMILES string of the molecule is COc1cc(CCSC)c(OC)cc1C=O. The molecule has 0 radical (unpaired) electrons. The monoisotopic (exact) mass is 240 g/mol. The van der Waals surface area contributed by atoms with Crippen LogP contribution >= 0.6 is 11.8 Å². The number of carbonyl (C=O) groups excluding carboxylic acids is 1. The summed E-state index contributed by atoms with van der Waals surface area (Å²) in [5.74, 6) is 2.36. The van der Waals surface area contributed by atoms with Crippen LogP contribution in [-0.4, -0.2) is 32.5 Å². The van der Waals surface area contributed by atoms with Gasteiger partial charge in [0.1, 0.15) is 11.5 Å². The lowest BCUT2D eigenvalue weighted by Gasteiger charge is -2.11. The number of aryl methyl sites for hydroxylation is 1. The molecule has 88 valence electrons. The average Bonchev–Trinajstić information content (AvgIpc) is 2.35. The maximum Gasteiger partial charge on any atom is 0.153 e. The molecule has 0 saturated heterocycles. The number of methoxy groups -OCH3 is 2. The van der Waals surface area contributed by atoms with E-state index in [4.69, 9.17) is 9.47 Å². The van der Waals surface area contributed by atoms with E-state index in [1.165, 1.54) is 0 Å². The van der Waals surface area contributed by atoms with Crippen LogP contribution in [0.25, 0.3) is 0 Å². The zero-order chi connectivity index (χ0) is 12.0. The molecule has 4 heteroatoms. The second kappa shape index (κ2) is 6.43. The van der Waals surface area contributed by atoms with E-state index in [0.29, 0.717) is 11.3 Å². The Labute approximate surface area is 100 Å². The molecule has 0 heterocycles. The van der Waals surface area contributed by atoms with Crippen LogP contribution in [0.3, 0.4) is 0 Å². The van der Waals surface area contributed by atoms with Crippen molar-refractivity contribution >= 4 is 18.0 Å². The zero-order valence-corrected chi connectivity index (χ0v) is 10.6. The Bertz CT molecular complexity index is 364. The molecule has 0 bridgehead atoms. The van der Waals surface area contributed by atoms with E-state index < -0.39 is 0 Å². The summed E-state index contributed by atoms with van der Waals surface area (Å²) in [7, 11) is 3.17. The van der Waals surface area contributed by atoms with Crippen LogP contribution in [0.15, 0.2) is 12.1 Å². The molecule has 16 heavy (non-hydrogen) atoms. The minimum absolute atomic E-state index is 0.521. The summed E-state index contributed by atoms with van der Waals surface area (Å²) < 4.78 is 10.4. The van der Waals surface area contributed by atoms with Crippen LogP contribution in [0.1, 0.15) is 15.9 Å². The molecular formula is C12H16O3S. The lowest BCUT2D eigenvalue weighted by atomic mass is 10.1. The summed E-state index contributed by atoms with van der Waals surface area (Å²) in [5, 5.41) is 0. The van der Waals surface area contributed by atoms with Gasteiger partial charge in [0.25, 0.3) is 0 Å². The first-order chi connectivity index (χ1) is 7.76. The highest BCUT2D eigenvalue weighted by molar-refractivity contribution is 7.98. The second-order valence-electron chi connectivity index (χ2n) is 3.27. The normalized spacial score (nSPS) is 9.94. The van der Waals surface area contributed by atoms with Gasteiger partial charge in [0.15, 0.2) is 6.29 Å². The summed E-state index contributed by atoms with van der Waals surface area (Å²) >= 11 is 1.77. The first kappa shape index (κ1) is 12.9. The Morgan fingerprint density at radius 1 is 1.25 bits per heavy atom. The molecule has 0 aromatic heterocycles. The molecule has 0 amide bonds. The van der Waals surface area contributed by atoms with Crippen LogP contribution in [-0.2, 0) is 6.42 Å². The summed E-state index contributed by atoms with van der Waals surface area (Å²) in [6.07, 6.45) is 3.74. The fraction of sp³-hybridized carbons (Fsp3) is 0.417. The van der Waals surface area contributed by atoms with Gasteiger partial charge in [-0.3, -0.25) is 4.79 Å². The maximum absolute atomic E-state index is 10.8. The molecule has 0 aliphatic heterocycles. The molecule has 1 aromatic carbocycles. The quantitative estimate of drug-likeness (QED) is 0.715. The third-order valence-corrected chi connectivity index (χ3v) is 2.95. The van der Waals surface area contributed by atoms with Crippen molar-refractivity contribution in [1.82, 2.24) is 0 Å². The Morgan fingerprint density at radius 3 is 2.44 bits per heavy atom. The topological polar surface area (TPSA) is 35.5 Å². The van der Waals surface area contributed by atoms with Crippen LogP contribution in [0.5, 0.6) is 11.5 Å². The van der Waals surface area contributed by atoms with Gasteiger partial charge in [0.05, 0.1) is 19.8 Å². The van der Waals surface area contributed by atoms with Gasteiger partial charge in [-0.15, -0.1) is 0 Å². The second-order valence-corrected chi connectivity index (χ2v) is 4.25. The van der Waals surface area contributed by atoms with E-state index in [9.17, 15) is 4.79 Å². The van der Waals surface area contributed by atoms with E-state index in [-0.39, 0.29) is 0 Å². The number of hydrogen-bond donors (Lipinski definition) is 0. The molecule has 1 rings (SSSR count). The van der Waals surface area contributed by atoms with Crippen molar-refractivity contribution in [3.8, 4) is 11.5 Å². The standard InChI is InChI=1S/C12H16O3S/c1-14-11-7-10(8-13)12(15-2)6-9(11)4-5-16-3/h6-8H,4-5H2,1-3H3. The predicted octanol–water partition coefficient (Wildman–Crippen LogP) is 2.42. The van der Waals surface area contributed by atoms with Crippen LogP contribution in [0, 0.1) is 0 Å². The molecule has 3 nitrogen and oxygen atoms in total. The largest absolute Gasteiger partial charge is 0.496 e. The third kappa shape index (κ3) is 2.92. The Hall–Kier alpha value is -1.16. The first-order valence-electron chi connectivity index (χ1n) is 4.95. The number of ether oxygens (including phenoxy) is 2. The van der Waals surface area contributed by atoms with Gasteiger partial charge < -0.3 is 9.47 Å². The smallest absolute Gasteiger partial charge is 0.153 e. The average molecular weight is 240 g/mol. The summed E-state index contributed by atoms with van der Waals surface area (Å²) in [5.41, 5.74) is 1.59. The number of thioether (sulfide) groups is 1. The molecule has 0 spiro atoms. The van der Waals surface area contributed by atoms with E-state index >= 15 is 0 Å². The lowest BCUT2D eigenvalue weighted by Crippen LogP contribution is -1.99. The van der Waals surface area contributed by atoms with Crippen LogP contribution in [0.2, 0.25) is 0 Å². The Kier molecular flexibility index (Phi) is 5.19. The van der Waals surface area contributed by atoms with Gasteiger partial charge in [-0.1, -0.05) is 0 Å². The molecule has 0 atom stereocenters. The molecule has 0 N–H and O–H groups in total. The van der Waals surface area contributed by atoms with Gasteiger partial charge in [-0.2, -0.15) is 11.8 Å². The number of carbonyl (C=O) groups is 1. The van der Waals surface area contributed by atoms with Crippen molar-refractivity contribution in [1.29, 1.82) is 0 Å². The van der Waals surface area contributed by atoms with E-state index in [2.05, 4.69) is 6.26 Å². The van der Waals surface area contributed by atoms with Crippen molar-refractivity contribution in [3.63, 3.8) is 0 Å². The molecule has 0 saturated carbocycles. The van der Waals surface area contributed by atoms with Crippen molar-refractivity contribution in [2.75, 3.05) is 26.2 Å². The predicted molar refractivity (Wildman–Crippen MR) is 67.0 cm³/mol. The van der Waals surface area contributed by atoms with Crippen LogP contribution < -0.4 is 9.47 Å². The Balaban J connectivity index is 3.09. The van der Waals surface area contributed by atoms with Crippen molar-refractivity contribution in [2.45, 2.75) is 6.42 Å². The van der Waals surface area contributed by atoms with Crippen LogP contribution in [0.4, 0.5) is 0 Å². The van der Waals surface area contributed by atoms with E-state index in [1.54, 1.807) is 32.0 Å². The number of rotatable bonds is 6. The van der Waals surface area contributed by atoms with Gasteiger partial charge in [0.2, 0.25) is 0 Å². The summed E-state index contributed by atoms with van der Waals surface area (Å²) in [6.45, 7) is 0. The van der Waals surface area contributed by atoms with E-state index in [1.807, 2.05) is 6.07 Å². The van der Waals surface area contributed by atoms with Crippen molar-refractivity contribution in [2.24, 2.45) is 0 Å². The highest BCUT2D eigenvalue weighted by Gasteiger charge is 2.10. The van der Waals surface area contributed by atoms with Crippen molar-refractivity contribution < 1.29 is 14.3 Å². The minimum Gasteiger partial charge on any atom is -0.496 e. The van der Waals surface area contributed by atoms with Gasteiger partial charge in [-0.05, 0) is 36.1 Å². The summed E-state index contributed by atoms with van der Waals surface area (Å²) in [6, 6.07) is 3.60. The van der Waals surface area contributed by atoms with Gasteiger partial charge in [-0.25, -0.2) is 0 Å². The highest BCUT2D eigenvalue weighted by Crippen LogP contribution is 2.28. The number of aldehydes is 1. The van der Waals surface area contributed by atoms with Gasteiger partial charge in [0, 0.05) is 0 Å². The van der Waals surface area contributed by atoms with Gasteiger partial charge >= 0.3 is 0 Å². The number of hydrogen-bond acceptors (Lipinski definition) is 4. The molecule has 1 aromatic rings. The Morgan fingerprint density at radius 2 is 1.94 bits per heavy atom. The molecular weight excluding hydrogens is 224 g/mol. The molecule has 0 fully saturated rings. The molecule has 0 aliphatic rings. The first-order valence-corrected chi connectivity index (χ1v) is 6.35. The molecule has 0 unspecified atom stereocenters. The zero-order valence-electron chi connectivity index (χ0n) is 9.78. The minimum atomic E-state index is 0.521. The molecule has 0 aliphatic carbocycles.